The summed E-state index contributed by atoms with van der Waals surface area (Å²) >= 11 is 0. The molecular formula is C40H56O. The molecule has 1 heteroatoms. The van der Waals surface area contributed by atoms with Crippen molar-refractivity contribution in [1.82, 2.24) is 0 Å². The quantitative estimate of drug-likeness (QED) is 0.149. The van der Waals surface area contributed by atoms with Gasteiger partial charge in [-0.15, -0.1) is 0 Å². The van der Waals surface area contributed by atoms with Crippen molar-refractivity contribution in [2.24, 2.45) is 0 Å². The molecule has 0 saturated heterocycles. The highest BCUT2D eigenvalue weighted by Gasteiger charge is 2.08. The molecule has 0 aromatic carbocycles. The molecule has 0 bridgehead atoms. The van der Waals surface area contributed by atoms with Crippen molar-refractivity contribution in [3.05, 3.63) is 154 Å². The zero-order valence-electron chi connectivity index (χ0n) is 27.5. The maximum Gasteiger partial charge on any atom is 0.0626 e. The van der Waals surface area contributed by atoms with Gasteiger partial charge in [-0.3, -0.25) is 0 Å². The van der Waals surface area contributed by atoms with Crippen molar-refractivity contribution in [3.63, 3.8) is 0 Å². The molecule has 0 aromatic heterocycles. The molecule has 0 spiro atoms. The summed E-state index contributed by atoms with van der Waals surface area (Å²) in [5.74, 6) is 0. The van der Waals surface area contributed by atoms with E-state index in [0.717, 1.165) is 18.4 Å². The van der Waals surface area contributed by atoms with Crippen LogP contribution in [-0.4, -0.2) is 10.7 Å². The monoisotopic (exact) mass is 552 g/mol. The van der Waals surface area contributed by atoms with Gasteiger partial charge in [0.15, 0.2) is 0 Å². The maximum absolute atomic E-state index is 9.76. The van der Waals surface area contributed by atoms with Crippen LogP contribution in [0.1, 0.15) is 88.5 Å². The van der Waals surface area contributed by atoms with Gasteiger partial charge < -0.3 is 5.11 Å². The minimum atomic E-state index is -0.662. The molecule has 0 aromatic rings. The molecule has 0 saturated carbocycles. The average molecular weight is 553 g/mol. The number of allylic oxidation sites excluding steroid dienone is 25. The lowest BCUT2D eigenvalue weighted by molar-refractivity contribution is 0.0839. The SMILES string of the molecule is CC(C)=CCC\C(C)=C/C=C/C(C)=C/C=C/C(C)=C/C=C/C=C(C)/C=C/C=C(C)/C=C/C=C(C)/C=C/CC(C)(C)O. The number of aliphatic hydroxyl groups is 1. The second kappa shape index (κ2) is 22.3. The molecule has 1 nitrogen and oxygen atoms in total. The molecular weight excluding hydrogens is 496 g/mol. The predicted molar refractivity (Wildman–Crippen MR) is 187 cm³/mol. The van der Waals surface area contributed by atoms with Gasteiger partial charge >= 0.3 is 0 Å². The summed E-state index contributed by atoms with van der Waals surface area (Å²) in [5.41, 5.74) is 8.08. The molecule has 0 radical (unpaired) electrons. The predicted octanol–water partition coefficient (Wildman–Crippen LogP) is 11.9. The Balaban J connectivity index is 4.74. The van der Waals surface area contributed by atoms with Crippen molar-refractivity contribution < 1.29 is 5.11 Å². The van der Waals surface area contributed by atoms with E-state index < -0.39 is 5.60 Å². The normalized spacial score (nSPS) is 15.8. The fraction of sp³-hybridized carbons (Fsp3) is 0.350. The molecule has 0 aliphatic carbocycles. The van der Waals surface area contributed by atoms with Gasteiger partial charge in [0.2, 0.25) is 0 Å². The molecule has 1 N–H and O–H groups in total. The lowest BCUT2D eigenvalue weighted by atomic mass is 10.0. The first-order chi connectivity index (χ1) is 19.3. The molecule has 0 atom stereocenters. The molecule has 222 valence electrons. The Morgan fingerprint density at radius 2 is 0.878 bits per heavy atom. The summed E-state index contributed by atoms with van der Waals surface area (Å²) in [4.78, 5) is 0. The highest BCUT2D eigenvalue weighted by molar-refractivity contribution is 5.33. The highest BCUT2D eigenvalue weighted by atomic mass is 16.3. The first kappa shape index (κ1) is 37.6. The smallest absolute Gasteiger partial charge is 0.0626 e. The van der Waals surface area contributed by atoms with E-state index in [1.165, 1.54) is 33.4 Å². The van der Waals surface area contributed by atoms with Gasteiger partial charge in [0, 0.05) is 0 Å². The van der Waals surface area contributed by atoms with Crippen molar-refractivity contribution >= 4 is 0 Å². The van der Waals surface area contributed by atoms with Gasteiger partial charge in [0.25, 0.3) is 0 Å². The summed E-state index contributed by atoms with van der Waals surface area (Å²) in [6.07, 6.45) is 43.0. The van der Waals surface area contributed by atoms with Crippen LogP contribution in [0.2, 0.25) is 0 Å². The minimum absolute atomic E-state index is 0.645. The van der Waals surface area contributed by atoms with E-state index >= 15 is 0 Å². The largest absolute Gasteiger partial charge is 0.390 e. The van der Waals surface area contributed by atoms with E-state index in [1.54, 1.807) is 0 Å². The Labute approximate surface area is 253 Å². The van der Waals surface area contributed by atoms with Gasteiger partial charge in [0.05, 0.1) is 5.60 Å². The van der Waals surface area contributed by atoms with Crippen molar-refractivity contribution in [3.8, 4) is 0 Å². The van der Waals surface area contributed by atoms with Crippen LogP contribution in [0.15, 0.2) is 154 Å². The minimum Gasteiger partial charge on any atom is -0.390 e. The van der Waals surface area contributed by atoms with Gasteiger partial charge in [-0.1, -0.05) is 154 Å². The standard InChI is InChI=1S/C40H56O/c1-33(2)19-13-22-36(5)25-16-28-37(6)26-14-23-34(3)20-11-12-21-35(4)24-15-27-38(7)29-17-30-39(8)31-18-32-40(9,10)41/h11-12,14-21,23-31,41H,13,22,32H2,1-10H3/b12-11+,23-14+,24-15+,28-16+,29-17+,31-18+,34-20+,35-21+,36-25-,37-26+,38-27+,39-30+. The third-order valence-electron chi connectivity index (χ3n) is 5.81. The van der Waals surface area contributed by atoms with E-state index in [2.05, 4.69) is 159 Å². The zero-order valence-corrected chi connectivity index (χ0v) is 27.5. The Hall–Kier alpha value is -3.42. The number of hydrogen-bond donors (Lipinski definition) is 1. The molecule has 41 heavy (non-hydrogen) atoms. The number of hydrogen-bond acceptors (Lipinski definition) is 1. The molecule has 0 amide bonds. The summed E-state index contributed by atoms with van der Waals surface area (Å²) < 4.78 is 0. The highest BCUT2D eigenvalue weighted by Crippen LogP contribution is 2.10. The summed E-state index contributed by atoms with van der Waals surface area (Å²) in [7, 11) is 0. The molecule has 0 aliphatic rings. The van der Waals surface area contributed by atoms with Crippen LogP contribution in [0.25, 0.3) is 0 Å². The third kappa shape index (κ3) is 26.6. The van der Waals surface area contributed by atoms with Crippen LogP contribution in [-0.2, 0) is 0 Å². The Kier molecular flexibility index (Phi) is 20.4. The van der Waals surface area contributed by atoms with E-state index in [-0.39, 0.29) is 0 Å². The van der Waals surface area contributed by atoms with Crippen LogP contribution < -0.4 is 0 Å². The van der Waals surface area contributed by atoms with Crippen LogP contribution in [0, 0.1) is 0 Å². The summed E-state index contributed by atoms with van der Waals surface area (Å²) in [6.45, 7) is 20.6. The van der Waals surface area contributed by atoms with E-state index in [0.29, 0.717) is 6.42 Å². The van der Waals surface area contributed by atoms with Crippen molar-refractivity contribution in [1.29, 1.82) is 0 Å². The Morgan fingerprint density at radius 1 is 0.512 bits per heavy atom. The molecule has 0 rings (SSSR count). The molecule has 0 unspecified atom stereocenters. The summed E-state index contributed by atoms with van der Waals surface area (Å²) in [5, 5.41) is 9.76. The fourth-order valence-corrected chi connectivity index (χ4v) is 3.32. The van der Waals surface area contributed by atoms with Gasteiger partial charge in [-0.05, 0) is 88.5 Å². The third-order valence-corrected chi connectivity index (χ3v) is 5.81. The first-order valence-electron chi connectivity index (χ1n) is 14.7. The van der Waals surface area contributed by atoms with E-state index in [4.69, 9.17) is 0 Å². The fourth-order valence-electron chi connectivity index (χ4n) is 3.32. The Morgan fingerprint density at radius 3 is 1.27 bits per heavy atom. The number of rotatable bonds is 16. The molecule has 0 aliphatic heterocycles. The zero-order chi connectivity index (χ0) is 31.1. The summed E-state index contributed by atoms with van der Waals surface area (Å²) in [6, 6.07) is 0. The van der Waals surface area contributed by atoms with Gasteiger partial charge in [0.1, 0.15) is 0 Å². The molecule has 0 heterocycles. The van der Waals surface area contributed by atoms with Crippen LogP contribution in [0.5, 0.6) is 0 Å². The van der Waals surface area contributed by atoms with Gasteiger partial charge in [-0.2, -0.15) is 0 Å². The van der Waals surface area contributed by atoms with Crippen molar-refractivity contribution in [2.75, 3.05) is 0 Å². The lowest BCUT2D eigenvalue weighted by Crippen LogP contribution is -2.16. The van der Waals surface area contributed by atoms with Crippen molar-refractivity contribution in [2.45, 2.75) is 94.1 Å². The van der Waals surface area contributed by atoms with E-state index in [9.17, 15) is 5.11 Å². The average Bonchev–Trinajstić information content (AvgIpc) is 2.85. The Bertz CT molecular complexity index is 1180. The van der Waals surface area contributed by atoms with Crippen LogP contribution >= 0.6 is 0 Å². The van der Waals surface area contributed by atoms with E-state index in [1.807, 2.05) is 26.0 Å². The van der Waals surface area contributed by atoms with Crippen LogP contribution in [0.4, 0.5) is 0 Å². The lowest BCUT2D eigenvalue weighted by Gasteiger charge is -2.13. The second-order valence-electron chi connectivity index (χ2n) is 11.6. The van der Waals surface area contributed by atoms with Crippen LogP contribution in [0.3, 0.4) is 0 Å². The maximum atomic E-state index is 9.76. The first-order valence-corrected chi connectivity index (χ1v) is 14.7. The second-order valence-corrected chi connectivity index (χ2v) is 11.6. The molecule has 0 fully saturated rings. The van der Waals surface area contributed by atoms with Gasteiger partial charge in [-0.25, -0.2) is 0 Å². The topological polar surface area (TPSA) is 20.2 Å².